The molecule has 4 heterocycles. The van der Waals surface area contributed by atoms with Crippen LogP contribution in [0.2, 0.25) is 0 Å². The van der Waals surface area contributed by atoms with E-state index in [4.69, 9.17) is 8.83 Å². The Labute approximate surface area is 297 Å². The summed E-state index contributed by atoms with van der Waals surface area (Å²) in [6.07, 6.45) is -0.405. The van der Waals surface area contributed by atoms with Crippen molar-refractivity contribution in [1.29, 1.82) is 0 Å². The molecular weight excluding hydrogens is 647 g/mol. The fourth-order valence-corrected chi connectivity index (χ4v) is 9.29. The first-order chi connectivity index (χ1) is 25.3. The minimum atomic E-state index is -0.156. The third-order valence-corrected chi connectivity index (χ3v) is 11.6. The molecule has 1 aliphatic rings. The van der Waals surface area contributed by atoms with Crippen molar-refractivity contribution in [2.24, 2.45) is 0 Å². The number of benzene rings is 7. The first kappa shape index (κ1) is 29.0. The van der Waals surface area contributed by atoms with E-state index >= 15 is 0 Å². The summed E-state index contributed by atoms with van der Waals surface area (Å²) in [6, 6.07) is 53.6. The van der Waals surface area contributed by atoms with Crippen molar-refractivity contribution >= 4 is 75.4 Å². The molecule has 0 aliphatic carbocycles. The molecule has 1 aliphatic heterocycles. The molecule has 0 spiro atoms. The molecule has 51 heavy (non-hydrogen) atoms. The Morgan fingerprint density at radius 3 is 2.00 bits per heavy atom. The zero-order valence-electron chi connectivity index (χ0n) is 27.4. The monoisotopic (exact) mass is 677 g/mol. The van der Waals surface area contributed by atoms with Crippen molar-refractivity contribution in [3.63, 3.8) is 0 Å². The Kier molecular flexibility index (Phi) is 6.48. The number of rotatable bonds is 4. The largest absolute Gasteiger partial charge is 0.456 e. The number of para-hydroxylation sites is 2. The van der Waals surface area contributed by atoms with Crippen LogP contribution in [-0.4, -0.2) is 0 Å². The van der Waals surface area contributed by atoms with Crippen LogP contribution in [0.4, 0.5) is 0 Å². The van der Waals surface area contributed by atoms with Crippen LogP contribution >= 0.6 is 11.3 Å². The molecule has 0 amide bonds. The second kappa shape index (κ2) is 11.4. The van der Waals surface area contributed by atoms with E-state index in [0.717, 1.165) is 60.6 Å². The van der Waals surface area contributed by atoms with Gasteiger partial charge in [-0.2, -0.15) is 0 Å². The van der Waals surface area contributed by atoms with E-state index < -0.39 is 0 Å². The minimum absolute atomic E-state index is 0.0962. The Morgan fingerprint density at radius 2 is 1.10 bits per heavy atom. The van der Waals surface area contributed by atoms with Crippen LogP contribution in [0.3, 0.4) is 0 Å². The summed E-state index contributed by atoms with van der Waals surface area (Å²) in [6.45, 7) is 0. The summed E-state index contributed by atoms with van der Waals surface area (Å²) < 4.78 is 15.6. The third kappa shape index (κ3) is 4.58. The van der Waals surface area contributed by atoms with Gasteiger partial charge in [0.05, 0.1) is 18.5 Å². The maximum Gasteiger partial charge on any atom is 0.143 e. The standard InChI is InChI=1S/C45H31N3O2S/c1-2-11-26(12-3-1)43-46-44(48-45(47-43)34-19-10-21-38-40(34)33-14-4-6-20-36(33)49-38)27-23-24-37-35(25-27)30-16-8-15-29(41(30)50-37)32-18-9-17-31-28-13-5-7-22-39(28)51-42(31)32/h1-25,43-48H. The van der Waals surface area contributed by atoms with E-state index in [0.29, 0.717) is 0 Å². The van der Waals surface area contributed by atoms with Crippen LogP contribution in [0, 0.1) is 0 Å². The SMILES string of the molecule is c1ccc(C2NC(c3ccc4oc5c(-c6cccc7c6sc6ccccc67)cccc5c4c3)NC(c3cccc4oc5ccccc5c34)N2)cc1. The summed E-state index contributed by atoms with van der Waals surface area (Å²) in [4.78, 5) is 0. The lowest BCUT2D eigenvalue weighted by molar-refractivity contribution is 0.204. The fourth-order valence-electron chi connectivity index (χ4n) is 8.06. The van der Waals surface area contributed by atoms with Crippen molar-refractivity contribution in [2.75, 3.05) is 0 Å². The number of furan rings is 2. The van der Waals surface area contributed by atoms with Crippen LogP contribution in [0.1, 0.15) is 35.2 Å². The molecule has 6 heteroatoms. The van der Waals surface area contributed by atoms with Crippen molar-refractivity contribution < 1.29 is 8.83 Å². The number of nitrogens with one attached hydrogen (secondary N) is 3. The van der Waals surface area contributed by atoms with Gasteiger partial charge in [-0.05, 0) is 47.0 Å². The Morgan fingerprint density at radius 1 is 0.431 bits per heavy atom. The highest BCUT2D eigenvalue weighted by Gasteiger charge is 2.31. The molecule has 0 radical (unpaired) electrons. The van der Waals surface area contributed by atoms with Gasteiger partial charge in [0, 0.05) is 52.8 Å². The summed E-state index contributed by atoms with van der Waals surface area (Å²) in [7, 11) is 0. The molecule has 1 saturated heterocycles. The van der Waals surface area contributed by atoms with Crippen molar-refractivity contribution in [1.82, 2.24) is 16.0 Å². The molecule has 3 atom stereocenters. The van der Waals surface area contributed by atoms with Crippen LogP contribution in [-0.2, 0) is 0 Å². The molecule has 5 nitrogen and oxygen atoms in total. The van der Waals surface area contributed by atoms with Crippen molar-refractivity contribution in [2.45, 2.75) is 18.5 Å². The predicted molar refractivity (Wildman–Crippen MR) is 210 cm³/mol. The van der Waals surface area contributed by atoms with Gasteiger partial charge in [-0.1, -0.05) is 121 Å². The summed E-state index contributed by atoms with van der Waals surface area (Å²) >= 11 is 1.85. The van der Waals surface area contributed by atoms with Gasteiger partial charge in [-0.15, -0.1) is 11.3 Å². The third-order valence-electron chi connectivity index (χ3n) is 10.4. The summed E-state index contributed by atoms with van der Waals surface area (Å²) in [5, 5.41) is 18.7. The van der Waals surface area contributed by atoms with E-state index in [9.17, 15) is 0 Å². The highest BCUT2D eigenvalue weighted by molar-refractivity contribution is 7.26. The van der Waals surface area contributed by atoms with Crippen molar-refractivity contribution in [3.05, 3.63) is 168 Å². The topological polar surface area (TPSA) is 62.4 Å². The zero-order valence-corrected chi connectivity index (χ0v) is 28.2. The van der Waals surface area contributed by atoms with E-state index in [1.807, 2.05) is 23.5 Å². The van der Waals surface area contributed by atoms with Gasteiger partial charge in [0.25, 0.3) is 0 Å². The lowest BCUT2D eigenvalue weighted by Gasteiger charge is -2.39. The van der Waals surface area contributed by atoms with Gasteiger partial charge >= 0.3 is 0 Å². The van der Waals surface area contributed by atoms with Gasteiger partial charge < -0.3 is 8.83 Å². The number of hydrogen-bond acceptors (Lipinski definition) is 6. The predicted octanol–water partition coefficient (Wildman–Crippen LogP) is 11.7. The Hall–Kier alpha value is -5.76. The number of thiophene rings is 1. The molecule has 1 fully saturated rings. The maximum atomic E-state index is 6.71. The molecule has 3 aromatic heterocycles. The molecule has 7 aromatic carbocycles. The number of hydrogen-bond donors (Lipinski definition) is 3. The highest BCUT2D eigenvalue weighted by Crippen LogP contribution is 2.44. The minimum Gasteiger partial charge on any atom is -0.456 e. The Bertz CT molecular complexity index is 2940. The zero-order chi connectivity index (χ0) is 33.5. The second-order valence-electron chi connectivity index (χ2n) is 13.3. The van der Waals surface area contributed by atoms with Gasteiger partial charge in [0.1, 0.15) is 22.3 Å². The van der Waals surface area contributed by atoms with E-state index in [-0.39, 0.29) is 18.5 Å². The molecule has 0 bridgehead atoms. The molecule has 11 rings (SSSR count). The lowest BCUT2D eigenvalue weighted by atomic mass is 9.99. The maximum absolute atomic E-state index is 6.71. The lowest BCUT2D eigenvalue weighted by Crippen LogP contribution is -2.54. The molecule has 10 aromatic rings. The van der Waals surface area contributed by atoms with Crippen LogP contribution in [0.5, 0.6) is 0 Å². The van der Waals surface area contributed by atoms with Gasteiger partial charge in [-0.25, -0.2) is 0 Å². The molecule has 0 saturated carbocycles. The smallest absolute Gasteiger partial charge is 0.143 e. The molecule has 3 unspecified atom stereocenters. The summed E-state index contributed by atoms with van der Waals surface area (Å²) in [5.74, 6) is 0. The van der Waals surface area contributed by atoms with Crippen LogP contribution in [0.25, 0.3) is 75.2 Å². The first-order valence-corrected chi connectivity index (χ1v) is 18.2. The average molecular weight is 678 g/mol. The van der Waals surface area contributed by atoms with E-state index in [1.165, 1.54) is 31.3 Å². The number of fused-ring (bicyclic) bond motifs is 9. The molecule has 3 N–H and O–H groups in total. The fraction of sp³-hybridized carbons (Fsp3) is 0.0667. The van der Waals surface area contributed by atoms with Crippen molar-refractivity contribution in [3.8, 4) is 11.1 Å². The van der Waals surface area contributed by atoms with Gasteiger partial charge in [0.15, 0.2) is 0 Å². The average Bonchev–Trinajstić information content (AvgIpc) is 3.89. The normalized spacial score (nSPS) is 18.2. The van der Waals surface area contributed by atoms with E-state index in [2.05, 4.69) is 155 Å². The van der Waals surface area contributed by atoms with E-state index in [1.54, 1.807) is 0 Å². The molecule has 244 valence electrons. The quantitative estimate of drug-likeness (QED) is 0.173. The van der Waals surface area contributed by atoms with Gasteiger partial charge in [-0.3, -0.25) is 16.0 Å². The summed E-state index contributed by atoms with van der Waals surface area (Å²) in [5.41, 5.74) is 9.36. The Balaban J connectivity index is 1.04. The van der Waals surface area contributed by atoms with Gasteiger partial charge in [0.2, 0.25) is 0 Å². The van der Waals surface area contributed by atoms with Crippen LogP contribution in [0.15, 0.2) is 160 Å². The molecular formula is C45H31N3O2S. The highest BCUT2D eigenvalue weighted by atomic mass is 32.1. The van der Waals surface area contributed by atoms with Crippen LogP contribution < -0.4 is 16.0 Å². The second-order valence-corrected chi connectivity index (χ2v) is 14.4. The first-order valence-electron chi connectivity index (χ1n) is 17.4.